The van der Waals surface area contributed by atoms with Crippen molar-refractivity contribution < 1.29 is 19.0 Å². The zero-order chi connectivity index (χ0) is 23.4. The molecule has 8 nitrogen and oxygen atoms in total. The van der Waals surface area contributed by atoms with Gasteiger partial charge in [0.05, 0.1) is 18.8 Å². The summed E-state index contributed by atoms with van der Waals surface area (Å²) >= 11 is 6.26. The third-order valence-corrected chi connectivity index (χ3v) is 5.58. The third kappa shape index (κ3) is 4.66. The molecule has 2 aromatic carbocycles. The summed E-state index contributed by atoms with van der Waals surface area (Å²) in [6, 6.07) is 12.6. The molecule has 1 unspecified atom stereocenters. The molecule has 0 fully saturated rings. The Labute approximate surface area is 197 Å². The Morgan fingerprint density at radius 3 is 2.70 bits per heavy atom. The molecule has 0 spiro atoms. The largest absolute Gasteiger partial charge is 0.490 e. The summed E-state index contributed by atoms with van der Waals surface area (Å²) in [5.74, 6) is 1.27. The number of halogens is 1. The zero-order valence-electron chi connectivity index (χ0n) is 18.7. The van der Waals surface area contributed by atoms with Crippen molar-refractivity contribution in [3.63, 3.8) is 0 Å². The number of ether oxygens (including phenoxy) is 3. The molecule has 0 aliphatic carbocycles. The number of hydrogen-bond donors (Lipinski definition) is 1. The highest BCUT2D eigenvalue weighted by Gasteiger charge is 2.34. The fourth-order valence-corrected chi connectivity index (χ4v) is 3.92. The number of rotatable bonds is 8. The van der Waals surface area contributed by atoms with Gasteiger partial charge in [0, 0.05) is 16.3 Å². The molecule has 9 heteroatoms. The minimum Gasteiger partial charge on any atom is -0.490 e. The maximum Gasteiger partial charge on any atom is 0.338 e. The van der Waals surface area contributed by atoms with Crippen LogP contribution in [0.4, 0.5) is 5.95 Å². The van der Waals surface area contributed by atoms with Crippen LogP contribution < -0.4 is 14.8 Å². The topological polar surface area (TPSA) is 87.5 Å². The number of carbonyl (C=O) groups is 1. The van der Waals surface area contributed by atoms with Gasteiger partial charge in [0.25, 0.3) is 0 Å². The number of hydrogen-bond acceptors (Lipinski definition) is 7. The molecule has 0 saturated heterocycles. The van der Waals surface area contributed by atoms with Crippen LogP contribution >= 0.6 is 11.6 Å². The molecular formula is C24H25ClN4O4. The van der Waals surface area contributed by atoms with Crippen molar-refractivity contribution in [3.8, 4) is 11.5 Å². The Hall–Kier alpha value is -3.52. The first-order valence-corrected chi connectivity index (χ1v) is 11.1. The van der Waals surface area contributed by atoms with Gasteiger partial charge in [0.15, 0.2) is 11.5 Å². The van der Waals surface area contributed by atoms with Gasteiger partial charge in [-0.05, 0) is 44.5 Å². The predicted octanol–water partition coefficient (Wildman–Crippen LogP) is 4.76. The summed E-state index contributed by atoms with van der Waals surface area (Å²) in [5, 5.41) is 8.10. The Morgan fingerprint density at radius 1 is 1.12 bits per heavy atom. The van der Waals surface area contributed by atoms with Crippen molar-refractivity contribution in [2.24, 2.45) is 0 Å². The molecule has 0 saturated carbocycles. The second-order valence-electron chi connectivity index (χ2n) is 7.33. The fourth-order valence-electron chi connectivity index (χ4n) is 3.73. The smallest absolute Gasteiger partial charge is 0.338 e. The number of benzene rings is 2. The summed E-state index contributed by atoms with van der Waals surface area (Å²) in [6.07, 6.45) is 1.45. The number of anilines is 1. The second-order valence-corrected chi connectivity index (χ2v) is 7.74. The van der Waals surface area contributed by atoms with E-state index in [0.717, 1.165) is 11.1 Å². The highest BCUT2D eigenvalue weighted by atomic mass is 35.5. The van der Waals surface area contributed by atoms with Crippen molar-refractivity contribution in [3.05, 3.63) is 76.2 Å². The quantitative estimate of drug-likeness (QED) is 0.477. The van der Waals surface area contributed by atoms with Crippen LogP contribution in [-0.4, -0.2) is 33.9 Å². The minimum atomic E-state index is -0.528. The number of carbonyl (C=O) groups excluding carboxylic acids is 1. The van der Waals surface area contributed by atoms with Crippen molar-refractivity contribution in [2.75, 3.05) is 18.5 Å². The highest BCUT2D eigenvalue weighted by Crippen LogP contribution is 2.39. The molecular weight excluding hydrogens is 444 g/mol. The molecule has 1 N–H and O–H groups in total. The fraction of sp³-hybridized carbons (Fsp3) is 0.292. The van der Waals surface area contributed by atoms with Gasteiger partial charge in [-0.1, -0.05) is 35.9 Å². The Morgan fingerprint density at radius 2 is 1.94 bits per heavy atom. The molecule has 1 aliphatic heterocycles. The number of allylic oxidation sites excluding steroid dienone is 1. The molecule has 2 heterocycles. The van der Waals surface area contributed by atoms with Crippen LogP contribution in [0.25, 0.3) is 0 Å². The standard InChI is InChI=1S/C24H25ClN4O4/c1-4-31-20-12-16(10-11-19(20)33-13-17-8-6-7-9-18(17)25)22-21(23(30)32-5-2)15(3)28-24-26-14-27-29(22)24/h6-12,14,22H,4-5,13H2,1-3H3,(H,26,27,28). The lowest BCUT2D eigenvalue weighted by molar-refractivity contribution is -0.139. The van der Waals surface area contributed by atoms with Crippen LogP contribution in [0.3, 0.4) is 0 Å². The summed E-state index contributed by atoms with van der Waals surface area (Å²) in [6.45, 7) is 6.52. The lowest BCUT2D eigenvalue weighted by atomic mass is 9.95. The molecule has 3 aromatic rings. The van der Waals surface area contributed by atoms with E-state index in [1.54, 1.807) is 11.6 Å². The van der Waals surface area contributed by atoms with E-state index in [4.69, 9.17) is 25.8 Å². The molecule has 0 radical (unpaired) electrons. The van der Waals surface area contributed by atoms with E-state index in [-0.39, 0.29) is 6.61 Å². The number of nitrogens with one attached hydrogen (secondary N) is 1. The van der Waals surface area contributed by atoms with Crippen LogP contribution in [0.5, 0.6) is 11.5 Å². The number of aromatic nitrogens is 3. The van der Waals surface area contributed by atoms with Gasteiger partial charge in [-0.3, -0.25) is 0 Å². The molecule has 172 valence electrons. The lowest BCUT2D eigenvalue weighted by Crippen LogP contribution is -2.29. The van der Waals surface area contributed by atoms with Gasteiger partial charge in [-0.25, -0.2) is 9.48 Å². The Kier molecular flexibility index (Phi) is 6.84. The first kappa shape index (κ1) is 22.7. The van der Waals surface area contributed by atoms with E-state index < -0.39 is 12.0 Å². The third-order valence-electron chi connectivity index (χ3n) is 5.21. The SMILES string of the molecule is CCOC(=O)C1=C(C)Nc2ncnn2C1c1ccc(OCc2ccccc2Cl)c(OCC)c1. The first-order valence-electron chi connectivity index (χ1n) is 10.7. The summed E-state index contributed by atoms with van der Waals surface area (Å²) in [7, 11) is 0. The van der Waals surface area contributed by atoms with E-state index in [0.29, 0.717) is 47.0 Å². The van der Waals surface area contributed by atoms with Crippen LogP contribution in [-0.2, 0) is 16.1 Å². The van der Waals surface area contributed by atoms with Crippen molar-refractivity contribution in [1.29, 1.82) is 0 Å². The number of esters is 1. The maximum atomic E-state index is 12.8. The Balaban J connectivity index is 1.71. The molecule has 0 bridgehead atoms. The van der Waals surface area contributed by atoms with Gasteiger partial charge in [-0.15, -0.1) is 0 Å². The normalized spacial score (nSPS) is 15.0. The van der Waals surface area contributed by atoms with Crippen LogP contribution in [0.2, 0.25) is 5.02 Å². The Bertz CT molecular complexity index is 1190. The number of nitrogens with zero attached hydrogens (tertiary/aromatic N) is 3. The lowest BCUT2D eigenvalue weighted by Gasteiger charge is -2.28. The second kappa shape index (κ2) is 9.95. The summed E-state index contributed by atoms with van der Waals surface area (Å²) in [4.78, 5) is 17.1. The van der Waals surface area contributed by atoms with Crippen LogP contribution in [0.15, 0.2) is 60.1 Å². The highest BCUT2D eigenvalue weighted by molar-refractivity contribution is 6.31. The van der Waals surface area contributed by atoms with Crippen molar-refractivity contribution in [2.45, 2.75) is 33.4 Å². The van der Waals surface area contributed by atoms with E-state index in [1.807, 2.05) is 56.3 Å². The van der Waals surface area contributed by atoms with E-state index in [2.05, 4.69) is 15.4 Å². The average molecular weight is 469 g/mol. The molecule has 1 atom stereocenters. The zero-order valence-corrected chi connectivity index (χ0v) is 19.4. The van der Waals surface area contributed by atoms with Gasteiger partial charge in [-0.2, -0.15) is 10.1 Å². The average Bonchev–Trinajstić information content (AvgIpc) is 3.26. The van der Waals surface area contributed by atoms with Crippen LogP contribution in [0.1, 0.15) is 37.9 Å². The molecule has 1 aromatic heterocycles. The number of fused-ring (bicyclic) bond motifs is 1. The van der Waals surface area contributed by atoms with Gasteiger partial charge < -0.3 is 19.5 Å². The minimum absolute atomic E-state index is 0.269. The summed E-state index contributed by atoms with van der Waals surface area (Å²) in [5.41, 5.74) is 2.79. The molecule has 4 rings (SSSR count). The van der Waals surface area contributed by atoms with Gasteiger partial charge in [0.1, 0.15) is 19.0 Å². The van der Waals surface area contributed by atoms with Crippen molar-refractivity contribution >= 4 is 23.5 Å². The van der Waals surface area contributed by atoms with Gasteiger partial charge in [0.2, 0.25) is 5.95 Å². The predicted molar refractivity (Wildman–Crippen MR) is 125 cm³/mol. The molecule has 0 amide bonds. The van der Waals surface area contributed by atoms with Crippen molar-refractivity contribution in [1.82, 2.24) is 14.8 Å². The summed E-state index contributed by atoms with van der Waals surface area (Å²) < 4.78 is 18.9. The van der Waals surface area contributed by atoms with E-state index >= 15 is 0 Å². The monoisotopic (exact) mass is 468 g/mol. The van der Waals surface area contributed by atoms with Crippen LogP contribution in [0, 0.1) is 0 Å². The van der Waals surface area contributed by atoms with E-state index in [9.17, 15) is 4.79 Å². The van der Waals surface area contributed by atoms with Gasteiger partial charge >= 0.3 is 5.97 Å². The van der Waals surface area contributed by atoms with E-state index in [1.165, 1.54) is 6.33 Å². The maximum absolute atomic E-state index is 12.8. The molecule has 1 aliphatic rings. The molecule has 33 heavy (non-hydrogen) atoms. The first-order chi connectivity index (χ1) is 16.0.